The second-order valence-corrected chi connectivity index (χ2v) is 6.62. The number of rotatable bonds is 1. The zero-order chi connectivity index (χ0) is 19.5. The van der Waals surface area contributed by atoms with E-state index in [1.807, 2.05) is 0 Å². The van der Waals surface area contributed by atoms with Crippen molar-refractivity contribution in [1.82, 2.24) is 0 Å². The molecular weight excluding hydrogens is 414 g/mol. The Balaban J connectivity index is 0.00000205. The molecule has 29 heavy (non-hydrogen) atoms. The fourth-order valence-corrected chi connectivity index (χ4v) is 4.00. The highest BCUT2D eigenvalue weighted by molar-refractivity contribution is 7.78. The van der Waals surface area contributed by atoms with Gasteiger partial charge in [-0.05, 0) is 30.4 Å². The summed E-state index contributed by atoms with van der Waals surface area (Å²) < 4.78 is 11.9. The molecule has 6 nitrogen and oxygen atoms in total. The number of aliphatic imine (C=N–C) groups is 1. The van der Waals surface area contributed by atoms with Crippen molar-refractivity contribution in [3.63, 3.8) is 0 Å². The molecular formula is C21H12ClNO5S. The van der Waals surface area contributed by atoms with Crippen molar-refractivity contribution in [2.45, 2.75) is 5.60 Å². The number of phenolic OH excluding ortho intramolecular Hbond substituents is 2. The maximum Gasteiger partial charge on any atom is 0.340 e. The second-order valence-electron chi connectivity index (χ2n) is 6.44. The van der Waals surface area contributed by atoms with Crippen molar-refractivity contribution >= 4 is 41.4 Å². The topological polar surface area (TPSA) is 88.4 Å². The molecule has 3 aromatic rings. The molecule has 0 aromatic heterocycles. The third kappa shape index (κ3) is 2.53. The van der Waals surface area contributed by atoms with Crippen molar-refractivity contribution < 1.29 is 24.5 Å². The van der Waals surface area contributed by atoms with Crippen molar-refractivity contribution in [1.29, 1.82) is 0 Å². The van der Waals surface area contributed by atoms with Gasteiger partial charge in [-0.25, -0.2) is 4.79 Å². The lowest BCUT2D eigenvalue weighted by Gasteiger charge is -2.37. The molecule has 0 fully saturated rings. The Labute approximate surface area is 176 Å². The van der Waals surface area contributed by atoms with E-state index in [-0.39, 0.29) is 35.3 Å². The second kappa shape index (κ2) is 6.60. The van der Waals surface area contributed by atoms with E-state index >= 15 is 0 Å². The van der Waals surface area contributed by atoms with Gasteiger partial charge in [-0.15, -0.1) is 12.4 Å². The number of isothiocyanates is 1. The quantitative estimate of drug-likeness (QED) is 0.330. The van der Waals surface area contributed by atoms with Crippen LogP contribution in [0.25, 0.3) is 0 Å². The minimum atomic E-state index is -1.36. The molecule has 5 rings (SSSR count). The SMILES string of the molecule is Cl.O=C1OC2(c3ccc(O)cc3Oc3cc(O)cc(N=C=S)c32)c2ccccc21. The Kier molecular flexibility index (Phi) is 4.31. The summed E-state index contributed by atoms with van der Waals surface area (Å²) in [7, 11) is 0. The molecule has 0 bridgehead atoms. The van der Waals surface area contributed by atoms with E-state index in [2.05, 4.69) is 10.2 Å². The molecule has 144 valence electrons. The van der Waals surface area contributed by atoms with Crippen LogP contribution in [0.1, 0.15) is 27.0 Å². The molecule has 1 spiro atoms. The molecule has 0 saturated carbocycles. The number of benzene rings is 3. The first-order valence-electron chi connectivity index (χ1n) is 8.34. The summed E-state index contributed by atoms with van der Waals surface area (Å²) in [4.78, 5) is 16.8. The van der Waals surface area contributed by atoms with Crippen molar-refractivity contribution in [3.8, 4) is 23.0 Å². The Morgan fingerprint density at radius 1 is 0.966 bits per heavy atom. The lowest BCUT2D eigenvalue weighted by molar-refractivity contribution is 0.0226. The van der Waals surface area contributed by atoms with E-state index in [0.29, 0.717) is 28.0 Å². The van der Waals surface area contributed by atoms with E-state index in [4.69, 9.17) is 21.7 Å². The summed E-state index contributed by atoms with van der Waals surface area (Å²) in [6.07, 6.45) is 0. The number of nitrogens with zero attached hydrogens (tertiary/aromatic N) is 1. The van der Waals surface area contributed by atoms with Gasteiger partial charge in [-0.1, -0.05) is 18.2 Å². The van der Waals surface area contributed by atoms with Crippen LogP contribution in [0.15, 0.2) is 59.6 Å². The summed E-state index contributed by atoms with van der Waals surface area (Å²) >= 11 is 4.76. The fraction of sp³-hybridized carbons (Fsp3) is 0.0476. The van der Waals surface area contributed by atoms with Gasteiger partial charge in [0.15, 0.2) is 5.60 Å². The third-order valence-electron chi connectivity index (χ3n) is 4.92. The highest BCUT2D eigenvalue weighted by atomic mass is 35.5. The molecule has 3 aromatic carbocycles. The van der Waals surface area contributed by atoms with Crippen LogP contribution in [0.5, 0.6) is 23.0 Å². The maximum absolute atomic E-state index is 12.7. The van der Waals surface area contributed by atoms with Gasteiger partial charge in [-0.2, -0.15) is 4.99 Å². The lowest BCUT2D eigenvalue weighted by atomic mass is 9.77. The summed E-state index contributed by atoms with van der Waals surface area (Å²) in [6, 6.07) is 14.4. The number of phenols is 2. The van der Waals surface area contributed by atoms with Crippen LogP contribution in [-0.2, 0) is 10.3 Å². The van der Waals surface area contributed by atoms with Gasteiger partial charge in [-0.3, -0.25) is 0 Å². The predicted molar refractivity (Wildman–Crippen MR) is 110 cm³/mol. The van der Waals surface area contributed by atoms with E-state index in [9.17, 15) is 15.0 Å². The maximum atomic E-state index is 12.7. The van der Waals surface area contributed by atoms with Gasteiger partial charge >= 0.3 is 5.97 Å². The molecule has 0 saturated heterocycles. The Bertz CT molecular complexity index is 1240. The van der Waals surface area contributed by atoms with Gasteiger partial charge in [0.05, 0.1) is 22.0 Å². The van der Waals surface area contributed by atoms with Gasteiger partial charge in [0.25, 0.3) is 0 Å². The highest BCUT2D eigenvalue weighted by Crippen LogP contribution is 2.59. The standard InChI is InChI=1S/C21H11NO5S.ClH/c23-11-5-6-15-17(8-11)26-18-9-12(24)7-16(22-10-28)19(18)21(15)14-4-2-1-3-13(14)20(25)27-21;/h1-9,23-24H;1H. The molecule has 0 aliphatic carbocycles. The van der Waals surface area contributed by atoms with E-state index < -0.39 is 11.6 Å². The van der Waals surface area contributed by atoms with Gasteiger partial charge < -0.3 is 19.7 Å². The molecule has 0 amide bonds. The van der Waals surface area contributed by atoms with Crippen molar-refractivity contribution in [2.24, 2.45) is 4.99 Å². The fourth-order valence-electron chi connectivity index (χ4n) is 3.90. The van der Waals surface area contributed by atoms with Crippen LogP contribution in [0.2, 0.25) is 0 Å². The van der Waals surface area contributed by atoms with Crippen LogP contribution in [-0.4, -0.2) is 21.3 Å². The molecule has 2 aliphatic rings. The Hall–Kier alpha value is -3.38. The molecule has 1 unspecified atom stereocenters. The van der Waals surface area contributed by atoms with Crippen LogP contribution in [0.4, 0.5) is 5.69 Å². The highest BCUT2D eigenvalue weighted by Gasteiger charge is 2.54. The monoisotopic (exact) mass is 425 g/mol. The zero-order valence-electron chi connectivity index (χ0n) is 14.6. The minimum Gasteiger partial charge on any atom is -0.508 e. The average Bonchev–Trinajstić information content (AvgIpc) is 2.95. The number of ether oxygens (including phenoxy) is 2. The van der Waals surface area contributed by atoms with E-state index in [0.717, 1.165) is 0 Å². The molecule has 0 radical (unpaired) electrons. The van der Waals surface area contributed by atoms with Crippen LogP contribution in [0.3, 0.4) is 0 Å². The third-order valence-corrected chi connectivity index (χ3v) is 5.01. The van der Waals surface area contributed by atoms with Gasteiger partial charge in [0.2, 0.25) is 0 Å². The number of carbonyl (C=O) groups is 1. The zero-order valence-corrected chi connectivity index (χ0v) is 16.2. The van der Waals surface area contributed by atoms with Crippen LogP contribution >= 0.6 is 24.6 Å². The number of hydrogen-bond acceptors (Lipinski definition) is 7. The minimum absolute atomic E-state index is 0. The number of thiocarbonyl (C=S) groups is 1. The molecule has 2 N–H and O–H groups in total. The normalized spacial score (nSPS) is 17.7. The van der Waals surface area contributed by atoms with Crippen molar-refractivity contribution in [3.05, 3.63) is 76.9 Å². The first-order chi connectivity index (χ1) is 13.5. The van der Waals surface area contributed by atoms with Gasteiger partial charge in [0, 0.05) is 29.3 Å². The van der Waals surface area contributed by atoms with Crippen LogP contribution in [0, 0.1) is 0 Å². The average molecular weight is 426 g/mol. The summed E-state index contributed by atoms with van der Waals surface area (Å²) in [5.74, 6) is -0.0503. The smallest absolute Gasteiger partial charge is 0.340 e. The first-order valence-corrected chi connectivity index (χ1v) is 8.75. The number of esters is 1. The number of halogens is 1. The van der Waals surface area contributed by atoms with Gasteiger partial charge in [0.1, 0.15) is 23.0 Å². The number of carbonyl (C=O) groups excluding carboxylic acids is 1. The first kappa shape index (κ1) is 19.0. The lowest BCUT2D eigenvalue weighted by Crippen LogP contribution is -2.33. The summed E-state index contributed by atoms with van der Waals surface area (Å²) in [6.45, 7) is 0. The number of fused-ring (bicyclic) bond motifs is 6. The largest absolute Gasteiger partial charge is 0.508 e. The summed E-state index contributed by atoms with van der Waals surface area (Å²) in [5, 5.41) is 22.3. The molecule has 2 heterocycles. The number of aromatic hydroxyl groups is 2. The molecule has 1 atom stereocenters. The number of hydrogen-bond donors (Lipinski definition) is 2. The van der Waals surface area contributed by atoms with Crippen LogP contribution < -0.4 is 4.74 Å². The van der Waals surface area contributed by atoms with Crippen molar-refractivity contribution in [2.75, 3.05) is 0 Å². The predicted octanol–water partition coefficient (Wildman–Crippen LogP) is 4.82. The van der Waals surface area contributed by atoms with E-state index in [1.165, 1.54) is 24.3 Å². The summed E-state index contributed by atoms with van der Waals surface area (Å²) in [5.41, 5.74) is 0.904. The Morgan fingerprint density at radius 3 is 2.52 bits per heavy atom. The molecule has 8 heteroatoms. The van der Waals surface area contributed by atoms with E-state index in [1.54, 1.807) is 30.3 Å². The molecule has 2 aliphatic heterocycles. The Morgan fingerprint density at radius 2 is 1.72 bits per heavy atom.